The molecule has 0 atom stereocenters. The number of halogens is 2. The van der Waals surface area contributed by atoms with Crippen molar-refractivity contribution in [3.8, 4) is 0 Å². The van der Waals surface area contributed by atoms with E-state index in [4.69, 9.17) is 16.3 Å². The van der Waals surface area contributed by atoms with Gasteiger partial charge in [-0.25, -0.2) is 4.39 Å². The highest BCUT2D eigenvalue weighted by molar-refractivity contribution is 6.34. The first kappa shape index (κ1) is 15.8. The molecule has 1 aliphatic heterocycles. The van der Waals surface area contributed by atoms with Crippen LogP contribution in [0, 0.1) is 5.82 Å². The van der Waals surface area contributed by atoms with Crippen LogP contribution in [0.1, 0.15) is 10.4 Å². The molecule has 0 spiro atoms. The van der Waals surface area contributed by atoms with E-state index in [-0.39, 0.29) is 16.5 Å². The van der Waals surface area contributed by atoms with Crippen LogP contribution in [0.2, 0.25) is 5.02 Å². The molecule has 1 heterocycles. The standard InChI is InChI=1S/C17H16ClFN2O2/c18-16-11-12(19)1-6-15(16)17(22)20-13-2-4-14(5-3-13)21-7-9-23-10-8-21/h1-6,11H,7-10H2,(H,20,22). The summed E-state index contributed by atoms with van der Waals surface area (Å²) in [7, 11) is 0. The maximum atomic E-state index is 13.0. The van der Waals surface area contributed by atoms with E-state index < -0.39 is 5.82 Å². The summed E-state index contributed by atoms with van der Waals surface area (Å²) in [5.74, 6) is -0.837. The van der Waals surface area contributed by atoms with E-state index in [2.05, 4.69) is 10.2 Å². The number of carbonyl (C=O) groups is 1. The lowest BCUT2D eigenvalue weighted by atomic mass is 10.2. The zero-order chi connectivity index (χ0) is 16.2. The van der Waals surface area contributed by atoms with Crippen LogP contribution in [0.3, 0.4) is 0 Å². The van der Waals surface area contributed by atoms with Gasteiger partial charge in [-0.05, 0) is 42.5 Å². The minimum Gasteiger partial charge on any atom is -0.378 e. The summed E-state index contributed by atoms with van der Waals surface area (Å²) < 4.78 is 18.4. The van der Waals surface area contributed by atoms with E-state index in [1.54, 1.807) is 0 Å². The molecular formula is C17H16ClFN2O2. The van der Waals surface area contributed by atoms with Crippen LogP contribution in [0.25, 0.3) is 0 Å². The van der Waals surface area contributed by atoms with Crippen LogP contribution in [0.4, 0.5) is 15.8 Å². The summed E-state index contributed by atoms with van der Waals surface area (Å²) in [5, 5.41) is 2.85. The van der Waals surface area contributed by atoms with Gasteiger partial charge in [-0.3, -0.25) is 4.79 Å². The number of carbonyl (C=O) groups excluding carboxylic acids is 1. The molecule has 4 nitrogen and oxygen atoms in total. The molecule has 1 fully saturated rings. The van der Waals surface area contributed by atoms with Gasteiger partial charge in [0.25, 0.3) is 5.91 Å². The third-order valence-electron chi connectivity index (χ3n) is 3.68. The minimum absolute atomic E-state index is 0.0902. The van der Waals surface area contributed by atoms with Crippen molar-refractivity contribution in [3.63, 3.8) is 0 Å². The predicted octanol–water partition coefficient (Wildman–Crippen LogP) is 3.57. The average Bonchev–Trinajstić information content (AvgIpc) is 2.56. The predicted molar refractivity (Wildman–Crippen MR) is 88.8 cm³/mol. The zero-order valence-electron chi connectivity index (χ0n) is 12.4. The minimum atomic E-state index is -0.471. The summed E-state index contributed by atoms with van der Waals surface area (Å²) >= 11 is 5.90. The quantitative estimate of drug-likeness (QED) is 0.933. The van der Waals surface area contributed by atoms with Crippen LogP contribution in [0.15, 0.2) is 42.5 Å². The Morgan fingerprint density at radius 2 is 1.83 bits per heavy atom. The molecule has 1 saturated heterocycles. The van der Waals surface area contributed by atoms with Crippen molar-refractivity contribution in [3.05, 3.63) is 58.9 Å². The van der Waals surface area contributed by atoms with Crippen molar-refractivity contribution in [2.45, 2.75) is 0 Å². The number of ether oxygens (including phenoxy) is 1. The van der Waals surface area contributed by atoms with E-state index in [1.807, 2.05) is 24.3 Å². The summed E-state index contributed by atoms with van der Waals surface area (Å²) in [4.78, 5) is 14.4. The Kier molecular flexibility index (Phi) is 4.79. The summed E-state index contributed by atoms with van der Waals surface area (Å²) in [6, 6.07) is 11.3. The van der Waals surface area contributed by atoms with E-state index in [1.165, 1.54) is 12.1 Å². The molecule has 1 aliphatic rings. The summed E-state index contributed by atoms with van der Waals surface area (Å²) in [5.41, 5.74) is 1.99. The van der Waals surface area contributed by atoms with Gasteiger partial charge in [-0.2, -0.15) is 0 Å². The summed E-state index contributed by atoms with van der Waals surface area (Å²) in [6.45, 7) is 3.16. The average molecular weight is 335 g/mol. The molecule has 0 aliphatic carbocycles. The van der Waals surface area contributed by atoms with Gasteiger partial charge in [0, 0.05) is 24.5 Å². The molecule has 2 aromatic carbocycles. The Morgan fingerprint density at radius 1 is 1.13 bits per heavy atom. The fourth-order valence-corrected chi connectivity index (χ4v) is 2.70. The first-order valence-electron chi connectivity index (χ1n) is 7.32. The van der Waals surface area contributed by atoms with Crippen LogP contribution in [-0.4, -0.2) is 32.2 Å². The van der Waals surface area contributed by atoms with Crippen molar-refractivity contribution < 1.29 is 13.9 Å². The molecule has 23 heavy (non-hydrogen) atoms. The molecule has 120 valence electrons. The lowest BCUT2D eigenvalue weighted by Crippen LogP contribution is -2.36. The molecule has 3 rings (SSSR count). The van der Waals surface area contributed by atoms with Crippen LogP contribution >= 0.6 is 11.6 Å². The molecular weight excluding hydrogens is 319 g/mol. The number of amides is 1. The Balaban J connectivity index is 1.69. The molecule has 6 heteroatoms. The number of rotatable bonds is 3. The Morgan fingerprint density at radius 3 is 2.48 bits per heavy atom. The number of benzene rings is 2. The second-order valence-corrected chi connectivity index (χ2v) is 5.63. The number of anilines is 2. The lowest BCUT2D eigenvalue weighted by Gasteiger charge is -2.28. The van der Waals surface area contributed by atoms with Crippen molar-refractivity contribution >= 4 is 28.9 Å². The van der Waals surface area contributed by atoms with Gasteiger partial charge in [-0.1, -0.05) is 11.6 Å². The van der Waals surface area contributed by atoms with Crippen molar-refractivity contribution in [2.24, 2.45) is 0 Å². The number of hydrogen-bond acceptors (Lipinski definition) is 3. The summed E-state index contributed by atoms with van der Waals surface area (Å²) in [6.07, 6.45) is 0. The van der Waals surface area contributed by atoms with Crippen molar-refractivity contribution in [1.82, 2.24) is 0 Å². The smallest absolute Gasteiger partial charge is 0.257 e. The van der Waals surface area contributed by atoms with Crippen LogP contribution in [0.5, 0.6) is 0 Å². The van der Waals surface area contributed by atoms with Gasteiger partial charge in [0.15, 0.2) is 0 Å². The Hall–Kier alpha value is -2.11. The molecule has 0 bridgehead atoms. The Bertz CT molecular complexity index is 700. The monoisotopic (exact) mass is 334 g/mol. The lowest BCUT2D eigenvalue weighted by molar-refractivity contribution is 0.102. The molecule has 0 aromatic heterocycles. The second kappa shape index (κ2) is 6.98. The van der Waals surface area contributed by atoms with E-state index in [0.717, 1.165) is 38.1 Å². The molecule has 0 radical (unpaired) electrons. The second-order valence-electron chi connectivity index (χ2n) is 5.22. The third-order valence-corrected chi connectivity index (χ3v) is 3.99. The largest absolute Gasteiger partial charge is 0.378 e. The fourth-order valence-electron chi connectivity index (χ4n) is 2.45. The highest BCUT2D eigenvalue weighted by atomic mass is 35.5. The topological polar surface area (TPSA) is 41.6 Å². The van der Waals surface area contributed by atoms with Gasteiger partial charge in [0.2, 0.25) is 0 Å². The van der Waals surface area contributed by atoms with Gasteiger partial charge in [0.1, 0.15) is 5.82 Å². The fraction of sp³-hybridized carbons (Fsp3) is 0.235. The number of morpholine rings is 1. The molecule has 2 aromatic rings. The number of hydrogen-bond donors (Lipinski definition) is 1. The van der Waals surface area contributed by atoms with Gasteiger partial charge in [0.05, 0.1) is 23.8 Å². The molecule has 0 saturated carbocycles. The van der Waals surface area contributed by atoms with Gasteiger partial charge >= 0.3 is 0 Å². The van der Waals surface area contributed by atoms with Crippen molar-refractivity contribution in [2.75, 3.05) is 36.5 Å². The van der Waals surface area contributed by atoms with Crippen LogP contribution < -0.4 is 10.2 Å². The number of nitrogens with one attached hydrogen (secondary N) is 1. The first-order valence-corrected chi connectivity index (χ1v) is 7.70. The van der Waals surface area contributed by atoms with E-state index >= 15 is 0 Å². The zero-order valence-corrected chi connectivity index (χ0v) is 13.1. The Labute approximate surface area is 138 Å². The van der Waals surface area contributed by atoms with Crippen LogP contribution in [-0.2, 0) is 4.74 Å². The molecule has 0 unspecified atom stereocenters. The SMILES string of the molecule is O=C(Nc1ccc(N2CCOCC2)cc1)c1ccc(F)cc1Cl. The van der Waals surface area contributed by atoms with Gasteiger partial charge in [-0.15, -0.1) is 0 Å². The van der Waals surface area contributed by atoms with Crippen molar-refractivity contribution in [1.29, 1.82) is 0 Å². The van der Waals surface area contributed by atoms with Gasteiger partial charge < -0.3 is 15.0 Å². The normalized spacial score (nSPS) is 14.6. The maximum absolute atomic E-state index is 13.0. The van der Waals surface area contributed by atoms with E-state index in [0.29, 0.717) is 5.69 Å². The molecule has 1 amide bonds. The first-order chi connectivity index (χ1) is 11.1. The highest BCUT2D eigenvalue weighted by Crippen LogP contribution is 2.21. The van der Waals surface area contributed by atoms with E-state index in [9.17, 15) is 9.18 Å². The number of nitrogens with zero attached hydrogens (tertiary/aromatic N) is 1. The third kappa shape index (κ3) is 3.81. The molecule has 1 N–H and O–H groups in total. The highest BCUT2D eigenvalue weighted by Gasteiger charge is 2.13. The maximum Gasteiger partial charge on any atom is 0.257 e.